The van der Waals surface area contributed by atoms with Crippen molar-refractivity contribution in [2.45, 2.75) is 6.92 Å². The smallest absolute Gasteiger partial charge is 0.261 e. The number of amides is 1. The molecule has 5 nitrogen and oxygen atoms in total. The molecule has 0 aromatic carbocycles. The van der Waals surface area contributed by atoms with Crippen LogP contribution in [0.25, 0.3) is 9.40 Å². The number of carbonyl (C=O) groups is 1. The molecule has 0 aliphatic heterocycles. The van der Waals surface area contributed by atoms with E-state index in [-0.39, 0.29) is 17.7 Å². The van der Waals surface area contributed by atoms with Crippen LogP contribution in [0.4, 0.5) is 0 Å². The van der Waals surface area contributed by atoms with Crippen molar-refractivity contribution in [3.05, 3.63) is 22.4 Å². The Morgan fingerprint density at radius 2 is 2.39 bits per heavy atom. The summed E-state index contributed by atoms with van der Waals surface area (Å²) in [6.45, 7) is 2.13. The highest BCUT2D eigenvalue weighted by Gasteiger charge is 2.13. The normalized spacial score (nSPS) is 13.7. The average Bonchev–Trinajstić information content (AvgIpc) is 2.94. The monoisotopic (exact) mass is 283 g/mol. The Morgan fingerprint density at radius 3 is 3.06 bits per heavy atom. The van der Waals surface area contributed by atoms with Crippen molar-refractivity contribution in [2.75, 3.05) is 6.54 Å². The van der Waals surface area contributed by atoms with Gasteiger partial charge in [0.05, 0.1) is 4.88 Å². The number of rotatable bonds is 4. The van der Waals surface area contributed by atoms with Crippen molar-refractivity contribution in [1.29, 1.82) is 0 Å². The summed E-state index contributed by atoms with van der Waals surface area (Å²) in [5, 5.41) is 16.2. The fraction of sp³-hybridized carbons (Fsp3) is 0.273. The van der Waals surface area contributed by atoms with E-state index in [4.69, 9.17) is 10.9 Å². The third-order valence-electron chi connectivity index (χ3n) is 2.55. The van der Waals surface area contributed by atoms with E-state index < -0.39 is 0 Å². The lowest BCUT2D eigenvalue weighted by atomic mass is 10.1. The zero-order valence-corrected chi connectivity index (χ0v) is 11.3. The molecule has 2 heterocycles. The second-order valence-corrected chi connectivity index (χ2v) is 5.93. The summed E-state index contributed by atoms with van der Waals surface area (Å²) in [7, 11) is 0. The molecule has 1 unspecified atom stereocenters. The first-order valence-electron chi connectivity index (χ1n) is 5.34. The van der Waals surface area contributed by atoms with Crippen molar-refractivity contribution in [3.8, 4) is 0 Å². The van der Waals surface area contributed by atoms with E-state index in [2.05, 4.69) is 10.5 Å². The fourth-order valence-corrected chi connectivity index (χ4v) is 3.44. The number of amidine groups is 1. The molecule has 0 spiro atoms. The summed E-state index contributed by atoms with van der Waals surface area (Å²) in [4.78, 5) is 12.6. The van der Waals surface area contributed by atoms with Gasteiger partial charge < -0.3 is 16.3 Å². The summed E-state index contributed by atoms with van der Waals surface area (Å²) in [6, 6.07) is 3.88. The Balaban J connectivity index is 1.98. The number of thiophene rings is 2. The lowest BCUT2D eigenvalue weighted by molar-refractivity contribution is 0.0955. The first-order chi connectivity index (χ1) is 8.61. The van der Waals surface area contributed by atoms with Gasteiger partial charge in [0.1, 0.15) is 5.84 Å². The molecule has 1 atom stereocenters. The fourth-order valence-electron chi connectivity index (χ4n) is 1.41. The standard InChI is InChI=1S/C11H13N3O2S2/c1-6(10(12)14-16)5-13-11(15)9-4-8-7(18-9)2-3-17-8/h2-4,6,16H,5H2,1H3,(H2,12,14)(H,13,15). The molecule has 0 radical (unpaired) electrons. The van der Waals surface area contributed by atoms with Crippen LogP contribution in [0, 0.1) is 5.92 Å². The van der Waals surface area contributed by atoms with Crippen LogP contribution in [-0.4, -0.2) is 23.5 Å². The number of fused-ring (bicyclic) bond motifs is 1. The molecule has 0 bridgehead atoms. The number of nitrogens with zero attached hydrogens (tertiary/aromatic N) is 1. The van der Waals surface area contributed by atoms with Crippen molar-refractivity contribution in [3.63, 3.8) is 0 Å². The Kier molecular flexibility index (Phi) is 3.83. The molecule has 0 fully saturated rings. The predicted molar refractivity (Wildman–Crippen MR) is 74.6 cm³/mol. The van der Waals surface area contributed by atoms with Gasteiger partial charge in [-0.3, -0.25) is 4.79 Å². The van der Waals surface area contributed by atoms with Crippen molar-refractivity contribution < 1.29 is 10.0 Å². The highest BCUT2D eigenvalue weighted by atomic mass is 32.1. The Morgan fingerprint density at radius 1 is 1.61 bits per heavy atom. The van der Waals surface area contributed by atoms with Gasteiger partial charge in [0.25, 0.3) is 5.91 Å². The average molecular weight is 283 g/mol. The van der Waals surface area contributed by atoms with Gasteiger partial charge in [-0.05, 0) is 17.5 Å². The first kappa shape index (κ1) is 12.8. The molecule has 2 rings (SSSR count). The quantitative estimate of drug-likeness (QED) is 0.347. The Hall–Kier alpha value is -1.60. The lowest BCUT2D eigenvalue weighted by Gasteiger charge is -2.09. The van der Waals surface area contributed by atoms with Crippen LogP contribution in [0.15, 0.2) is 22.7 Å². The molecule has 2 aromatic rings. The van der Waals surface area contributed by atoms with E-state index in [0.717, 1.165) is 9.40 Å². The van der Waals surface area contributed by atoms with Crippen LogP contribution >= 0.6 is 22.7 Å². The van der Waals surface area contributed by atoms with Gasteiger partial charge in [-0.2, -0.15) is 0 Å². The van der Waals surface area contributed by atoms with E-state index in [9.17, 15) is 4.79 Å². The maximum Gasteiger partial charge on any atom is 0.261 e. The molecule has 0 saturated carbocycles. The molecular formula is C11H13N3O2S2. The van der Waals surface area contributed by atoms with Gasteiger partial charge in [0.2, 0.25) is 0 Å². The minimum Gasteiger partial charge on any atom is -0.409 e. The number of hydrogen-bond donors (Lipinski definition) is 3. The highest BCUT2D eigenvalue weighted by Crippen LogP contribution is 2.29. The van der Waals surface area contributed by atoms with E-state index in [1.807, 2.05) is 17.5 Å². The molecule has 18 heavy (non-hydrogen) atoms. The minimum absolute atomic E-state index is 0.113. The van der Waals surface area contributed by atoms with Crippen molar-refractivity contribution >= 4 is 43.8 Å². The maximum absolute atomic E-state index is 11.9. The first-order valence-corrected chi connectivity index (χ1v) is 7.04. The molecular weight excluding hydrogens is 270 g/mol. The van der Waals surface area contributed by atoms with E-state index in [1.165, 1.54) is 11.3 Å². The molecule has 2 aromatic heterocycles. The summed E-state index contributed by atoms with van der Waals surface area (Å²) in [5.74, 6) is -0.205. The van der Waals surface area contributed by atoms with Crippen LogP contribution < -0.4 is 11.1 Å². The lowest BCUT2D eigenvalue weighted by Crippen LogP contribution is -2.34. The van der Waals surface area contributed by atoms with Gasteiger partial charge in [0.15, 0.2) is 0 Å². The minimum atomic E-state index is -0.194. The molecule has 0 aliphatic rings. The number of hydrogen-bond acceptors (Lipinski definition) is 5. The van der Waals surface area contributed by atoms with Crippen molar-refractivity contribution in [2.24, 2.45) is 16.8 Å². The summed E-state index contributed by atoms with van der Waals surface area (Å²) in [5.41, 5.74) is 5.44. The van der Waals surface area contributed by atoms with E-state index in [0.29, 0.717) is 11.4 Å². The number of oxime groups is 1. The van der Waals surface area contributed by atoms with E-state index >= 15 is 0 Å². The number of carbonyl (C=O) groups excluding carboxylic acids is 1. The van der Waals surface area contributed by atoms with Gasteiger partial charge in [-0.25, -0.2) is 0 Å². The molecule has 0 saturated heterocycles. The van der Waals surface area contributed by atoms with Crippen LogP contribution in [0.5, 0.6) is 0 Å². The zero-order chi connectivity index (χ0) is 13.1. The summed E-state index contributed by atoms with van der Waals surface area (Å²) >= 11 is 3.08. The second kappa shape index (κ2) is 5.36. The van der Waals surface area contributed by atoms with Crippen molar-refractivity contribution in [1.82, 2.24) is 5.32 Å². The third-order valence-corrected chi connectivity index (χ3v) is 4.64. The Bertz CT molecular complexity index is 559. The van der Waals surface area contributed by atoms with Gasteiger partial charge >= 0.3 is 0 Å². The summed E-state index contributed by atoms with van der Waals surface area (Å²) < 4.78 is 2.24. The summed E-state index contributed by atoms with van der Waals surface area (Å²) in [6.07, 6.45) is 0. The largest absolute Gasteiger partial charge is 0.409 e. The molecule has 96 valence electrons. The van der Waals surface area contributed by atoms with Gasteiger partial charge in [0, 0.05) is 21.9 Å². The van der Waals surface area contributed by atoms with E-state index in [1.54, 1.807) is 18.3 Å². The highest BCUT2D eigenvalue weighted by molar-refractivity contribution is 7.27. The molecule has 1 amide bonds. The third kappa shape index (κ3) is 2.62. The second-order valence-electron chi connectivity index (χ2n) is 3.90. The van der Waals surface area contributed by atoms with Crippen LogP contribution in [0.2, 0.25) is 0 Å². The molecule has 4 N–H and O–H groups in total. The predicted octanol–water partition coefficient (Wildman–Crippen LogP) is 2.08. The SMILES string of the molecule is CC(CNC(=O)c1cc2sccc2s1)/C(N)=N/O. The Labute approximate surface area is 112 Å². The maximum atomic E-state index is 11.9. The van der Waals surface area contributed by atoms with Crippen LogP contribution in [0.3, 0.4) is 0 Å². The molecule has 7 heteroatoms. The topological polar surface area (TPSA) is 87.7 Å². The van der Waals surface area contributed by atoms with Gasteiger partial charge in [-0.1, -0.05) is 12.1 Å². The zero-order valence-electron chi connectivity index (χ0n) is 9.71. The van der Waals surface area contributed by atoms with Crippen LogP contribution in [-0.2, 0) is 0 Å². The van der Waals surface area contributed by atoms with Gasteiger partial charge in [-0.15, -0.1) is 22.7 Å². The molecule has 0 aliphatic carbocycles. The van der Waals surface area contributed by atoms with Crippen LogP contribution in [0.1, 0.15) is 16.6 Å². The number of nitrogens with two attached hydrogens (primary N) is 1. The number of nitrogens with one attached hydrogen (secondary N) is 1.